The van der Waals surface area contributed by atoms with E-state index in [1.807, 2.05) is 0 Å². The van der Waals surface area contributed by atoms with Crippen LogP contribution in [-0.4, -0.2) is 39.3 Å². The molecule has 0 saturated carbocycles. The number of nitrogens with zero attached hydrogens (tertiary/aromatic N) is 2. The van der Waals surface area contributed by atoms with E-state index in [0.29, 0.717) is 16.0 Å². The Labute approximate surface area is 178 Å². The molecule has 29 heavy (non-hydrogen) atoms. The molecule has 0 heterocycles. The maximum Gasteiger partial charge on any atom is 0.201 e. The number of halogens is 1. The van der Waals surface area contributed by atoms with Crippen LogP contribution in [0, 0.1) is 16.7 Å². The van der Waals surface area contributed by atoms with Crippen LogP contribution < -0.4 is 11.2 Å². The number of phenolic OH excluding ortho intramolecular Hbond substituents is 1. The van der Waals surface area contributed by atoms with Crippen LogP contribution in [0.3, 0.4) is 0 Å². The van der Waals surface area contributed by atoms with Crippen molar-refractivity contribution in [2.24, 2.45) is 10.8 Å². The molecule has 0 saturated heterocycles. The number of rotatable bonds is 6. The summed E-state index contributed by atoms with van der Waals surface area (Å²) in [7, 11) is 0. The second-order valence-electron chi connectivity index (χ2n) is 5.86. The molecule has 0 radical (unpaired) electrons. The van der Waals surface area contributed by atoms with E-state index in [4.69, 9.17) is 16.4 Å². The van der Waals surface area contributed by atoms with E-state index in [1.165, 1.54) is 30.0 Å². The SMILES string of the molecule is N#C/C(=N\Nc1c(SCCBr)cc(O)c2c1C(=O)c1ccccc1C2=O)C(=N)N. The van der Waals surface area contributed by atoms with Crippen LogP contribution in [0.15, 0.2) is 40.3 Å². The largest absolute Gasteiger partial charge is 0.507 e. The molecule has 5 N–H and O–H groups in total. The minimum Gasteiger partial charge on any atom is -0.507 e. The summed E-state index contributed by atoms with van der Waals surface area (Å²) in [5, 5.41) is 31.4. The van der Waals surface area contributed by atoms with Crippen molar-refractivity contribution in [2.75, 3.05) is 16.5 Å². The highest BCUT2D eigenvalue weighted by Gasteiger charge is 2.35. The highest BCUT2D eigenvalue weighted by molar-refractivity contribution is 9.09. The van der Waals surface area contributed by atoms with E-state index in [-0.39, 0.29) is 39.4 Å². The van der Waals surface area contributed by atoms with Crippen molar-refractivity contribution in [3.8, 4) is 11.8 Å². The zero-order valence-electron chi connectivity index (χ0n) is 14.8. The number of phenols is 1. The zero-order chi connectivity index (χ0) is 21.1. The van der Waals surface area contributed by atoms with Crippen molar-refractivity contribution in [1.29, 1.82) is 10.7 Å². The van der Waals surface area contributed by atoms with Gasteiger partial charge in [0.05, 0.1) is 16.8 Å². The maximum atomic E-state index is 13.2. The van der Waals surface area contributed by atoms with Gasteiger partial charge in [0.15, 0.2) is 17.4 Å². The van der Waals surface area contributed by atoms with Crippen LogP contribution in [-0.2, 0) is 0 Å². The van der Waals surface area contributed by atoms with Gasteiger partial charge >= 0.3 is 0 Å². The third-order valence-electron chi connectivity index (χ3n) is 4.12. The Hall–Kier alpha value is -3.16. The second kappa shape index (κ2) is 8.46. The van der Waals surface area contributed by atoms with Crippen LogP contribution >= 0.6 is 27.7 Å². The van der Waals surface area contributed by atoms with Gasteiger partial charge in [0.25, 0.3) is 0 Å². The number of ketones is 2. The summed E-state index contributed by atoms with van der Waals surface area (Å²) in [6.07, 6.45) is 0. The molecule has 146 valence electrons. The number of nitrogens with one attached hydrogen (secondary N) is 2. The topological polar surface area (TPSA) is 152 Å². The summed E-state index contributed by atoms with van der Waals surface area (Å²) in [6, 6.07) is 9.42. The van der Waals surface area contributed by atoms with Gasteiger partial charge in [-0.05, 0) is 6.07 Å². The van der Waals surface area contributed by atoms with Crippen LogP contribution in [0.1, 0.15) is 31.8 Å². The number of carbonyl (C=O) groups excluding carboxylic acids is 2. The van der Waals surface area contributed by atoms with Crippen LogP contribution in [0.2, 0.25) is 0 Å². The maximum absolute atomic E-state index is 13.2. The number of aromatic hydroxyl groups is 1. The highest BCUT2D eigenvalue weighted by atomic mass is 79.9. The van der Waals surface area contributed by atoms with Gasteiger partial charge in [0.2, 0.25) is 5.71 Å². The van der Waals surface area contributed by atoms with E-state index >= 15 is 0 Å². The number of benzene rings is 2. The number of alkyl halides is 1. The number of hydrogen-bond acceptors (Lipinski definition) is 8. The van der Waals surface area contributed by atoms with Gasteiger partial charge < -0.3 is 10.8 Å². The molecule has 10 heteroatoms. The lowest BCUT2D eigenvalue weighted by molar-refractivity contribution is 0.0977. The molecule has 3 rings (SSSR count). The van der Waals surface area contributed by atoms with Crippen LogP contribution in [0.5, 0.6) is 5.75 Å². The number of carbonyl (C=O) groups is 2. The Balaban J connectivity index is 2.25. The molecule has 2 aromatic rings. The number of fused-ring (bicyclic) bond motifs is 2. The fraction of sp³-hybridized carbons (Fsp3) is 0.105. The standard InChI is InChI=1S/C19H14BrN5O3S/c20-5-6-29-13-7-12(26)14-15(16(13)25-24-11(8-21)19(22)23)18(28)10-4-2-1-3-9(10)17(14)27/h1-4,7,25-26H,5-6H2,(H3,22,23)/b24-11+. The molecule has 0 spiro atoms. The summed E-state index contributed by atoms with van der Waals surface area (Å²) in [5.74, 6) is -1.19. The Morgan fingerprint density at radius 3 is 2.45 bits per heavy atom. The van der Waals surface area contributed by atoms with Crippen molar-refractivity contribution in [1.82, 2.24) is 0 Å². The number of nitriles is 1. The number of amidine groups is 1. The van der Waals surface area contributed by atoms with Crippen molar-refractivity contribution >= 4 is 56.5 Å². The molecule has 0 aliphatic heterocycles. The number of anilines is 1. The van der Waals surface area contributed by atoms with Gasteiger partial charge in [-0.1, -0.05) is 40.2 Å². The first-order chi connectivity index (χ1) is 13.9. The van der Waals surface area contributed by atoms with E-state index in [9.17, 15) is 14.7 Å². The molecule has 2 aromatic carbocycles. The molecule has 0 fully saturated rings. The molecular weight excluding hydrogens is 458 g/mol. The second-order valence-corrected chi connectivity index (χ2v) is 7.79. The fourth-order valence-corrected chi connectivity index (χ4v) is 4.15. The first kappa shape index (κ1) is 20.6. The third kappa shape index (κ3) is 3.74. The van der Waals surface area contributed by atoms with E-state index in [2.05, 4.69) is 26.5 Å². The minimum absolute atomic E-state index is 0.0321. The lowest BCUT2D eigenvalue weighted by atomic mass is 9.82. The Morgan fingerprint density at radius 2 is 1.90 bits per heavy atom. The summed E-state index contributed by atoms with van der Waals surface area (Å²) in [6.45, 7) is 0. The van der Waals surface area contributed by atoms with Crippen molar-refractivity contribution in [2.45, 2.75) is 4.90 Å². The monoisotopic (exact) mass is 471 g/mol. The van der Waals surface area contributed by atoms with Gasteiger partial charge in [0, 0.05) is 27.1 Å². The summed E-state index contributed by atoms with van der Waals surface area (Å²) < 4.78 is 0. The number of hydrazone groups is 1. The Kier molecular flexibility index (Phi) is 6.00. The van der Waals surface area contributed by atoms with Crippen LogP contribution in [0.4, 0.5) is 5.69 Å². The van der Waals surface area contributed by atoms with E-state index < -0.39 is 17.4 Å². The number of thioether (sulfide) groups is 1. The zero-order valence-corrected chi connectivity index (χ0v) is 17.2. The molecular formula is C19H14BrN5O3S. The fourth-order valence-electron chi connectivity index (χ4n) is 2.88. The minimum atomic E-state index is -0.546. The molecule has 0 amide bonds. The first-order valence-corrected chi connectivity index (χ1v) is 10.4. The van der Waals surface area contributed by atoms with Gasteiger partial charge in [-0.15, -0.1) is 11.8 Å². The summed E-state index contributed by atoms with van der Waals surface area (Å²) in [5.41, 5.74) is 7.99. The average molecular weight is 472 g/mol. The third-order valence-corrected chi connectivity index (χ3v) is 6.08. The smallest absolute Gasteiger partial charge is 0.201 e. The summed E-state index contributed by atoms with van der Waals surface area (Å²) in [4.78, 5) is 26.6. The average Bonchev–Trinajstić information content (AvgIpc) is 2.71. The highest BCUT2D eigenvalue weighted by Crippen LogP contribution is 2.42. The molecule has 0 atom stereocenters. The van der Waals surface area contributed by atoms with Gasteiger partial charge in [0.1, 0.15) is 11.8 Å². The number of nitrogens with two attached hydrogens (primary N) is 1. The molecule has 0 aromatic heterocycles. The lowest BCUT2D eigenvalue weighted by Gasteiger charge is -2.23. The molecule has 0 bridgehead atoms. The molecule has 1 aliphatic rings. The van der Waals surface area contributed by atoms with Gasteiger partial charge in [-0.2, -0.15) is 10.4 Å². The summed E-state index contributed by atoms with van der Waals surface area (Å²) >= 11 is 4.64. The van der Waals surface area contributed by atoms with Gasteiger partial charge in [-0.3, -0.25) is 20.4 Å². The van der Waals surface area contributed by atoms with Crippen molar-refractivity contribution in [3.63, 3.8) is 0 Å². The van der Waals surface area contributed by atoms with E-state index in [0.717, 1.165) is 0 Å². The van der Waals surface area contributed by atoms with Gasteiger partial charge in [-0.25, -0.2) is 0 Å². The lowest BCUT2D eigenvalue weighted by Crippen LogP contribution is -2.24. The molecule has 0 unspecified atom stereocenters. The predicted octanol–water partition coefficient (Wildman–Crippen LogP) is 2.88. The van der Waals surface area contributed by atoms with E-state index in [1.54, 1.807) is 18.2 Å². The first-order valence-electron chi connectivity index (χ1n) is 8.26. The quantitative estimate of drug-likeness (QED) is 0.107. The Bertz CT molecular complexity index is 1120. The van der Waals surface area contributed by atoms with Crippen molar-refractivity contribution in [3.05, 3.63) is 52.6 Å². The number of hydrogen-bond donors (Lipinski definition) is 4. The van der Waals surface area contributed by atoms with Crippen LogP contribution in [0.25, 0.3) is 0 Å². The Morgan fingerprint density at radius 1 is 1.28 bits per heavy atom. The normalized spacial score (nSPS) is 12.8. The molecule has 8 nitrogen and oxygen atoms in total. The predicted molar refractivity (Wildman–Crippen MR) is 115 cm³/mol. The molecule has 1 aliphatic carbocycles. The van der Waals surface area contributed by atoms with Crippen molar-refractivity contribution < 1.29 is 14.7 Å².